The van der Waals surface area contributed by atoms with Crippen LogP contribution in [0.4, 0.5) is 5.69 Å². The van der Waals surface area contributed by atoms with Gasteiger partial charge in [-0.3, -0.25) is 4.79 Å². The highest BCUT2D eigenvalue weighted by atomic mass is 35.5. The molecule has 20 heavy (non-hydrogen) atoms. The van der Waals surface area contributed by atoms with E-state index < -0.39 is 0 Å². The summed E-state index contributed by atoms with van der Waals surface area (Å²) in [5.41, 5.74) is 1.11. The zero-order valence-corrected chi connectivity index (χ0v) is 12.5. The summed E-state index contributed by atoms with van der Waals surface area (Å²) in [5, 5.41) is 6.37. The summed E-state index contributed by atoms with van der Waals surface area (Å²) in [6.45, 7) is 2.09. The number of ether oxygens (including phenoxy) is 1. The number of anilines is 1. The average Bonchev–Trinajstić information content (AvgIpc) is 3.13. The highest BCUT2D eigenvalue weighted by Gasteiger charge is 2.57. The van der Waals surface area contributed by atoms with E-state index in [-0.39, 0.29) is 29.6 Å². The van der Waals surface area contributed by atoms with E-state index in [9.17, 15) is 4.79 Å². The van der Waals surface area contributed by atoms with E-state index in [0.717, 1.165) is 43.8 Å². The number of amides is 1. The molecule has 0 aromatic heterocycles. The van der Waals surface area contributed by atoms with E-state index in [0.29, 0.717) is 0 Å². The Labute approximate surface area is 125 Å². The molecular weight excluding hydrogens is 276 g/mol. The second-order valence-electron chi connectivity index (χ2n) is 5.59. The fourth-order valence-corrected chi connectivity index (χ4v) is 3.13. The molecule has 1 aliphatic heterocycles. The average molecular weight is 297 g/mol. The number of hydrogen-bond donors (Lipinski definition) is 2. The standard InChI is InChI=1S/C15H20N2O2.ClH/c1-19-12-4-2-3-11(9-12)17-14(18)13-10-15(13)5-7-16-8-6-15;/h2-4,9,13,16H,5-8,10H2,1H3,(H,17,18);1H. The smallest absolute Gasteiger partial charge is 0.228 e. The Kier molecular flexibility index (Phi) is 4.55. The fraction of sp³-hybridized carbons (Fsp3) is 0.533. The Hall–Kier alpha value is -1.26. The lowest BCUT2D eigenvalue weighted by Crippen LogP contribution is -2.31. The van der Waals surface area contributed by atoms with Crippen molar-refractivity contribution in [2.45, 2.75) is 19.3 Å². The predicted molar refractivity (Wildman–Crippen MR) is 81.5 cm³/mol. The monoisotopic (exact) mass is 296 g/mol. The first-order chi connectivity index (χ1) is 9.23. The number of carbonyl (C=O) groups is 1. The van der Waals surface area contributed by atoms with Crippen LogP contribution in [0.3, 0.4) is 0 Å². The van der Waals surface area contributed by atoms with Gasteiger partial charge in [0.25, 0.3) is 0 Å². The largest absolute Gasteiger partial charge is 0.497 e. The van der Waals surface area contributed by atoms with Gasteiger partial charge < -0.3 is 15.4 Å². The van der Waals surface area contributed by atoms with Gasteiger partial charge >= 0.3 is 0 Å². The van der Waals surface area contributed by atoms with Crippen LogP contribution in [0.2, 0.25) is 0 Å². The zero-order valence-electron chi connectivity index (χ0n) is 11.6. The molecule has 4 nitrogen and oxygen atoms in total. The number of halogens is 1. The number of nitrogens with one attached hydrogen (secondary N) is 2. The summed E-state index contributed by atoms with van der Waals surface area (Å²) < 4.78 is 5.16. The van der Waals surface area contributed by atoms with Crippen molar-refractivity contribution < 1.29 is 9.53 Å². The third-order valence-electron chi connectivity index (χ3n) is 4.44. The Morgan fingerprint density at radius 2 is 2.15 bits per heavy atom. The molecule has 2 fully saturated rings. The molecule has 1 heterocycles. The number of rotatable bonds is 3. The van der Waals surface area contributed by atoms with Gasteiger partial charge in [-0.05, 0) is 49.9 Å². The molecule has 1 aliphatic carbocycles. The maximum absolute atomic E-state index is 12.3. The molecule has 2 N–H and O–H groups in total. The van der Waals surface area contributed by atoms with Crippen LogP contribution in [0, 0.1) is 11.3 Å². The van der Waals surface area contributed by atoms with Gasteiger partial charge in [-0.2, -0.15) is 0 Å². The van der Waals surface area contributed by atoms with Gasteiger partial charge in [0.15, 0.2) is 0 Å². The quantitative estimate of drug-likeness (QED) is 0.901. The predicted octanol–water partition coefficient (Wildman–Crippen LogP) is 2.45. The second kappa shape index (κ2) is 6.02. The maximum Gasteiger partial charge on any atom is 0.228 e. The van der Waals surface area contributed by atoms with Crippen molar-refractivity contribution >= 4 is 24.0 Å². The van der Waals surface area contributed by atoms with Crippen molar-refractivity contribution in [1.82, 2.24) is 5.32 Å². The molecule has 0 radical (unpaired) electrons. The lowest BCUT2D eigenvalue weighted by Gasteiger charge is -2.23. The van der Waals surface area contributed by atoms with Crippen molar-refractivity contribution in [3.8, 4) is 5.75 Å². The molecule has 1 spiro atoms. The van der Waals surface area contributed by atoms with Gasteiger partial charge in [0.1, 0.15) is 5.75 Å². The summed E-state index contributed by atoms with van der Waals surface area (Å²) in [6, 6.07) is 7.52. The molecule has 1 saturated carbocycles. The van der Waals surface area contributed by atoms with Crippen molar-refractivity contribution in [3.63, 3.8) is 0 Å². The number of benzene rings is 1. The molecule has 1 aromatic rings. The molecular formula is C15H21ClN2O2. The minimum absolute atomic E-state index is 0. The van der Waals surface area contributed by atoms with Crippen LogP contribution < -0.4 is 15.4 Å². The summed E-state index contributed by atoms with van der Waals surface area (Å²) in [6.07, 6.45) is 3.30. The maximum atomic E-state index is 12.3. The molecule has 1 saturated heterocycles. The minimum atomic E-state index is 0. The molecule has 110 valence electrons. The summed E-state index contributed by atoms with van der Waals surface area (Å²) in [5.74, 6) is 1.13. The number of carbonyl (C=O) groups excluding carboxylic acids is 1. The van der Waals surface area contributed by atoms with Crippen LogP contribution in [-0.2, 0) is 4.79 Å². The fourth-order valence-electron chi connectivity index (χ4n) is 3.13. The van der Waals surface area contributed by atoms with E-state index in [1.54, 1.807) is 7.11 Å². The number of piperidine rings is 1. The van der Waals surface area contributed by atoms with Crippen LogP contribution in [0.1, 0.15) is 19.3 Å². The van der Waals surface area contributed by atoms with Crippen molar-refractivity contribution in [3.05, 3.63) is 24.3 Å². The molecule has 1 amide bonds. The minimum Gasteiger partial charge on any atom is -0.497 e. The van der Waals surface area contributed by atoms with Gasteiger partial charge in [-0.15, -0.1) is 12.4 Å². The normalized spacial score (nSPS) is 22.8. The first kappa shape index (κ1) is 15.1. The Bertz CT molecular complexity index is 487. The van der Waals surface area contributed by atoms with Crippen LogP contribution in [0.15, 0.2) is 24.3 Å². The van der Waals surface area contributed by atoms with Crippen molar-refractivity contribution in [1.29, 1.82) is 0 Å². The third kappa shape index (κ3) is 2.91. The Morgan fingerprint density at radius 1 is 1.40 bits per heavy atom. The highest BCUT2D eigenvalue weighted by molar-refractivity contribution is 5.95. The van der Waals surface area contributed by atoms with Crippen LogP contribution in [-0.4, -0.2) is 26.1 Å². The summed E-state index contributed by atoms with van der Waals surface area (Å²) in [7, 11) is 1.63. The lowest BCUT2D eigenvalue weighted by atomic mass is 9.92. The van der Waals surface area contributed by atoms with Crippen LogP contribution >= 0.6 is 12.4 Å². The number of hydrogen-bond acceptors (Lipinski definition) is 3. The molecule has 1 unspecified atom stereocenters. The van der Waals surface area contributed by atoms with Crippen LogP contribution in [0.5, 0.6) is 5.75 Å². The van der Waals surface area contributed by atoms with Gasteiger partial charge in [0.2, 0.25) is 5.91 Å². The highest BCUT2D eigenvalue weighted by Crippen LogP contribution is 2.58. The molecule has 0 bridgehead atoms. The Balaban J connectivity index is 0.00000147. The third-order valence-corrected chi connectivity index (χ3v) is 4.44. The summed E-state index contributed by atoms with van der Waals surface area (Å²) in [4.78, 5) is 12.3. The molecule has 5 heteroatoms. The van der Waals surface area contributed by atoms with E-state index in [2.05, 4.69) is 10.6 Å². The first-order valence-corrected chi connectivity index (χ1v) is 6.89. The molecule has 3 rings (SSSR count). The SMILES string of the molecule is COc1cccc(NC(=O)C2CC23CCNCC3)c1.Cl. The molecule has 1 aromatic carbocycles. The van der Waals surface area contributed by atoms with Gasteiger partial charge in [0.05, 0.1) is 7.11 Å². The Morgan fingerprint density at radius 3 is 2.85 bits per heavy atom. The second-order valence-corrected chi connectivity index (χ2v) is 5.59. The number of methoxy groups -OCH3 is 1. The van der Waals surface area contributed by atoms with Crippen LogP contribution in [0.25, 0.3) is 0 Å². The van der Waals surface area contributed by atoms with E-state index >= 15 is 0 Å². The van der Waals surface area contributed by atoms with E-state index in [1.807, 2.05) is 24.3 Å². The van der Waals surface area contributed by atoms with E-state index in [1.165, 1.54) is 0 Å². The van der Waals surface area contributed by atoms with Crippen molar-refractivity contribution in [2.24, 2.45) is 11.3 Å². The van der Waals surface area contributed by atoms with Gasteiger partial charge in [0, 0.05) is 17.7 Å². The van der Waals surface area contributed by atoms with Crippen molar-refractivity contribution in [2.75, 3.05) is 25.5 Å². The zero-order chi connectivity index (χ0) is 13.3. The first-order valence-electron chi connectivity index (χ1n) is 6.89. The summed E-state index contributed by atoms with van der Waals surface area (Å²) >= 11 is 0. The van der Waals surface area contributed by atoms with Gasteiger partial charge in [-0.25, -0.2) is 0 Å². The molecule has 1 atom stereocenters. The van der Waals surface area contributed by atoms with E-state index in [4.69, 9.17) is 4.74 Å². The topological polar surface area (TPSA) is 50.4 Å². The lowest BCUT2D eigenvalue weighted by molar-refractivity contribution is -0.118. The van der Waals surface area contributed by atoms with Gasteiger partial charge in [-0.1, -0.05) is 6.07 Å². The molecule has 2 aliphatic rings.